The summed E-state index contributed by atoms with van der Waals surface area (Å²) in [6, 6.07) is 20.8. The van der Waals surface area contributed by atoms with E-state index in [0.717, 1.165) is 28.9 Å². The molecule has 0 aromatic heterocycles. The second-order valence-electron chi connectivity index (χ2n) is 8.28. The Kier molecular flexibility index (Phi) is 5.10. The van der Waals surface area contributed by atoms with Gasteiger partial charge in [0.05, 0.1) is 16.9 Å². The van der Waals surface area contributed by atoms with E-state index in [9.17, 15) is 9.90 Å². The summed E-state index contributed by atoms with van der Waals surface area (Å²) in [6.45, 7) is 3.39. The molecule has 2 aliphatic rings. The van der Waals surface area contributed by atoms with Crippen molar-refractivity contribution in [2.75, 3.05) is 30.6 Å². The molecule has 3 aromatic carbocycles. The van der Waals surface area contributed by atoms with Crippen molar-refractivity contribution in [3.05, 3.63) is 71.8 Å². The van der Waals surface area contributed by atoms with Crippen molar-refractivity contribution >= 4 is 17.3 Å². The molecule has 0 amide bonds. The highest BCUT2D eigenvalue weighted by Gasteiger charge is 2.24. The highest BCUT2D eigenvalue weighted by molar-refractivity contribution is 6.01. The van der Waals surface area contributed by atoms with Crippen molar-refractivity contribution in [2.45, 2.75) is 19.4 Å². The number of likely N-dealkylation sites (tertiary alicyclic amines) is 1. The third-order valence-electron chi connectivity index (χ3n) is 6.12. The van der Waals surface area contributed by atoms with Gasteiger partial charge in [-0.3, -0.25) is 9.91 Å². The van der Waals surface area contributed by atoms with Crippen molar-refractivity contribution in [3.8, 4) is 22.3 Å². The second kappa shape index (κ2) is 8.06. The summed E-state index contributed by atoms with van der Waals surface area (Å²) in [7, 11) is 1.79. The Balaban J connectivity index is 1.42. The maximum absolute atomic E-state index is 11.8. The van der Waals surface area contributed by atoms with Gasteiger partial charge in [-0.1, -0.05) is 42.5 Å². The lowest BCUT2D eigenvalue weighted by Crippen LogP contribution is -2.32. The molecule has 2 heterocycles. The number of hydrogen-bond donors (Lipinski definition) is 3. The van der Waals surface area contributed by atoms with Crippen LogP contribution in [-0.2, 0) is 6.54 Å². The smallest absolute Gasteiger partial charge is 0.337 e. The third kappa shape index (κ3) is 3.87. The fourth-order valence-electron chi connectivity index (χ4n) is 4.52. The van der Waals surface area contributed by atoms with Crippen molar-refractivity contribution in [3.63, 3.8) is 0 Å². The molecule has 0 radical (unpaired) electrons. The first-order chi connectivity index (χ1) is 15.1. The fourth-order valence-corrected chi connectivity index (χ4v) is 4.52. The van der Waals surface area contributed by atoms with Gasteiger partial charge in [0.2, 0.25) is 0 Å². The van der Waals surface area contributed by atoms with Crippen LogP contribution in [0, 0.1) is 0 Å². The Hall–Kier alpha value is -3.35. The normalized spacial score (nSPS) is 15.7. The average Bonchev–Trinajstić information content (AvgIpc) is 3.43. The van der Waals surface area contributed by atoms with Crippen LogP contribution in [0.5, 0.6) is 0 Å². The van der Waals surface area contributed by atoms with E-state index in [1.54, 1.807) is 18.1 Å². The summed E-state index contributed by atoms with van der Waals surface area (Å²) in [5.41, 5.74) is 13.2. The Bertz CT molecular complexity index is 1120. The predicted octanol–water partition coefficient (Wildman–Crippen LogP) is 4.60. The van der Waals surface area contributed by atoms with Gasteiger partial charge in [0.1, 0.15) is 0 Å². The van der Waals surface area contributed by atoms with Gasteiger partial charge >= 0.3 is 5.97 Å². The van der Waals surface area contributed by atoms with Gasteiger partial charge in [-0.2, -0.15) is 0 Å². The standard InChI is InChI=1S/C25H26N4O2/c1-28-24-22(25(30)31)14-21(15-23(24)26-27-28)19-9-7-18(8-10-19)20-6-4-5-17(13-20)16-29-11-2-3-12-29/h4-10,13-15,26-27H,2-3,11-12,16H2,1H3,(H,30,31). The molecule has 1 fully saturated rings. The highest BCUT2D eigenvalue weighted by atomic mass is 16.4. The quantitative estimate of drug-likeness (QED) is 0.567. The first-order valence-corrected chi connectivity index (χ1v) is 10.7. The second-order valence-corrected chi connectivity index (χ2v) is 8.28. The van der Waals surface area contributed by atoms with E-state index in [1.807, 2.05) is 6.07 Å². The minimum absolute atomic E-state index is 0.270. The number of aromatic carboxylic acids is 1. The van der Waals surface area contributed by atoms with Crippen LogP contribution < -0.4 is 16.0 Å². The van der Waals surface area contributed by atoms with Gasteiger partial charge in [0.25, 0.3) is 0 Å². The number of hydrogen-bond acceptors (Lipinski definition) is 5. The number of fused-ring (bicyclic) bond motifs is 1. The molecule has 0 unspecified atom stereocenters. The highest BCUT2D eigenvalue weighted by Crippen LogP contribution is 2.37. The third-order valence-corrected chi connectivity index (χ3v) is 6.12. The first-order valence-electron chi connectivity index (χ1n) is 10.7. The number of anilines is 2. The molecule has 2 aliphatic heterocycles. The van der Waals surface area contributed by atoms with Crippen LogP contribution in [0.4, 0.5) is 11.4 Å². The topological polar surface area (TPSA) is 67.8 Å². The Morgan fingerprint density at radius 1 is 0.935 bits per heavy atom. The molecule has 3 aromatic rings. The number of nitrogens with zero attached hydrogens (tertiary/aromatic N) is 2. The SMILES string of the molecule is CN1NNc2cc(-c3ccc(-c4cccc(CN5CCCC5)c4)cc3)cc(C(=O)O)c21. The molecule has 3 N–H and O–H groups in total. The number of carboxylic acid groups (broad SMARTS) is 1. The number of nitrogens with one attached hydrogen (secondary N) is 2. The predicted molar refractivity (Wildman–Crippen MR) is 124 cm³/mol. The molecule has 6 nitrogen and oxygen atoms in total. The summed E-state index contributed by atoms with van der Waals surface area (Å²) in [5, 5.41) is 11.4. The zero-order chi connectivity index (χ0) is 21.4. The number of hydrazine groups is 2. The van der Waals surface area contributed by atoms with E-state index >= 15 is 0 Å². The van der Waals surface area contributed by atoms with Crippen LogP contribution in [-0.4, -0.2) is 36.1 Å². The van der Waals surface area contributed by atoms with E-state index < -0.39 is 5.97 Å². The summed E-state index contributed by atoms with van der Waals surface area (Å²) in [5.74, 6) is -0.943. The number of rotatable bonds is 5. The van der Waals surface area contributed by atoms with Gasteiger partial charge in [-0.15, -0.1) is 5.53 Å². The van der Waals surface area contributed by atoms with Gasteiger partial charge in [0, 0.05) is 13.6 Å². The van der Waals surface area contributed by atoms with Gasteiger partial charge < -0.3 is 10.5 Å². The van der Waals surface area contributed by atoms with Crippen LogP contribution in [0.25, 0.3) is 22.3 Å². The van der Waals surface area contributed by atoms with Gasteiger partial charge in [-0.05, 0) is 71.9 Å². The molecule has 0 saturated carbocycles. The molecule has 31 heavy (non-hydrogen) atoms. The van der Waals surface area contributed by atoms with Gasteiger partial charge in [0.15, 0.2) is 0 Å². The van der Waals surface area contributed by atoms with Crippen molar-refractivity contribution in [1.82, 2.24) is 10.4 Å². The zero-order valence-corrected chi connectivity index (χ0v) is 17.6. The summed E-state index contributed by atoms with van der Waals surface area (Å²) >= 11 is 0. The lowest BCUT2D eigenvalue weighted by molar-refractivity contribution is 0.0697. The van der Waals surface area contributed by atoms with Crippen LogP contribution >= 0.6 is 0 Å². The molecular weight excluding hydrogens is 388 g/mol. The number of carbonyl (C=O) groups is 1. The largest absolute Gasteiger partial charge is 0.478 e. The molecule has 0 bridgehead atoms. The molecule has 1 saturated heterocycles. The molecule has 5 rings (SSSR count). The zero-order valence-electron chi connectivity index (χ0n) is 17.6. The van der Waals surface area contributed by atoms with Crippen molar-refractivity contribution in [2.24, 2.45) is 0 Å². The minimum atomic E-state index is -0.943. The first kappa shape index (κ1) is 19.6. The molecule has 0 spiro atoms. The van der Waals surface area contributed by atoms with Crippen LogP contribution in [0.1, 0.15) is 28.8 Å². The lowest BCUT2D eigenvalue weighted by Gasteiger charge is -2.15. The van der Waals surface area contributed by atoms with Crippen molar-refractivity contribution in [1.29, 1.82) is 0 Å². The van der Waals surface area contributed by atoms with E-state index in [1.165, 1.54) is 37.1 Å². The molecule has 0 atom stereocenters. The lowest BCUT2D eigenvalue weighted by atomic mass is 9.97. The van der Waals surface area contributed by atoms with Crippen LogP contribution in [0.2, 0.25) is 0 Å². The maximum atomic E-state index is 11.8. The molecule has 0 aliphatic carbocycles. The molecular formula is C25H26N4O2. The van der Waals surface area contributed by atoms with Crippen LogP contribution in [0.15, 0.2) is 60.7 Å². The Labute approximate surface area is 182 Å². The maximum Gasteiger partial charge on any atom is 0.337 e. The fraction of sp³-hybridized carbons (Fsp3) is 0.240. The average molecular weight is 415 g/mol. The minimum Gasteiger partial charge on any atom is -0.478 e. The van der Waals surface area contributed by atoms with Crippen LogP contribution in [0.3, 0.4) is 0 Å². The Morgan fingerprint density at radius 3 is 2.35 bits per heavy atom. The van der Waals surface area contributed by atoms with Crippen molar-refractivity contribution < 1.29 is 9.90 Å². The van der Waals surface area contributed by atoms with Gasteiger partial charge in [-0.25, -0.2) is 4.79 Å². The van der Waals surface area contributed by atoms with E-state index in [2.05, 4.69) is 64.4 Å². The number of carboxylic acids is 1. The summed E-state index contributed by atoms with van der Waals surface area (Å²) < 4.78 is 0. The molecule has 6 heteroatoms. The molecule has 158 valence electrons. The summed E-state index contributed by atoms with van der Waals surface area (Å²) in [6.07, 6.45) is 2.60. The number of benzene rings is 3. The van der Waals surface area contributed by atoms with E-state index in [0.29, 0.717) is 5.69 Å². The van der Waals surface area contributed by atoms with E-state index in [-0.39, 0.29) is 5.56 Å². The Morgan fingerprint density at radius 2 is 1.65 bits per heavy atom. The summed E-state index contributed by atoms with van der Waals surface area (Å²) in [4.78, 5) is 14.3. The van der Waals surface area contributed by atoms with E-state index in [4.69, 9.17) is 0 Å². The monoisotopic (exact) mass is 414 g/mol.